The molecule has 31 heavy (non-hydrogen) atoms. The van der Waals surface area contributed by atoms with Crippen molar-refractivity contribution in [2.24, 2.45) is 0 Å². The molecule has 0 atom stereocenters. The summed E-state index contributed by atoms with van der Waals surface area (Å²) in [6, 6.07) is 21.5. The first-order valence-electron chi connectivity index (χ1n) is 10.2. The van der Waals surface area contributed by atoms with Crippen molar-refractivity contribution in [2.45, 2.75) is 13.3 Å². The Balaban J connectivity index is 1.50. The van der Waals surface area contributed by atoms with Crippen molar-refractivity contribution in [3.8, 4) is 17.0 Å². The fourth-order valence-corrected chi connectivity index (χ4v) is 3.58. The molecule has 0 unspecified atom stereocenters. The fraction of sp³-hybridized carbons (Fsp3) is 0.160. The van der Waals surface area contributed by atoms with E-state index in [0.717, 1.165) is 18.5 Å². The largest absolute Gasteiger partial charge is 0.493 e. The number of nitrogens with one attached hydrogen (secondary N) is 1. The summed E-state index contributed by atoms with van der Waals surface area (Å²) < 4.78 is 5.50. The van der Waals surface area contributed by atoms with E-state index in [1.54, 1.807) is 18.2 Å². The van der Waals surface area contributed by atoms with E-state index in [0.29, 0.717) is 23.9 Å². The van der Waals surface area contributed by atoms with Crippen molar-refractivity contribution in [2.75, 3.05) is 18.5 Å². The smallest absolute Gasteiger partial charge is 0.339 e. The first-order chi connectivity index (χ1) is 15.2. The molecule has 0 aliphatic carbocycles. The Morgan fingerprint density at radius 2 is 1.87 bits per heavy atom. The van der Waals surface area contributed by atoms with Crippen LogP contribution in [-0.4, -0.2) is 34.2 Å². The third-order valence-corrected chi connectivity index (χ3v) is 5.06. The maximum Gasteiger partial charge on any atom is 0.339 e. The zero-order valence-corrected chi connectivity index (χ0v) is 17.2. The minimum atomic E-state index is -1.02. The first-order valence-corrected chi connectivity index (χ1v) is 10.2. The monoisotopic (exact) mass is 413 g/mol. The van der Waals surface area contributed by atoms with E-state index >= 15 is 0 Å². The Labute approximate surface area is 180 Å². The molecule has 0 radical (unpaired) electrons. The number of carbonyl (C=O) groups is 1. The summed E-state index contributed by atoms with van der Waals surface area (Å²) in [5.74, 6) is 0.0237. The number of carboxylic acids is 1. The van der Waals surface area contributed by atoms with E-state index in [4.69, 9.17) is 4.74 Å². The van der Waals surface area contributed by atoms with Gasteiger partial charge in [0.05, 0.1) is 12.3 Å². The van der Waals surface area contributed by atoms with Crippen molar-refractivity contribution < 1.29 is 14.6 Å². The van der Waals surface area contributed by atoms with E-state index < -0.39 is 5.97 Å². The molecule has 0 fully saturated rings. The van der Waals surface area contributed by atoms with Gasteiger partial charge < -0.3 is 15.2 Å². The number of benzene rings is 3. The third kappa shape index (κ3) is 4.64. The summed E-state index contributed by atoms with van der Waals surface area (Å²) in [4.78, 5) is 20.1. The number of nitrogens with zero attached hydrogens (tertiary/aromatic N) is 2. The molecular weight excluding hydrogens is 390 g/mol. The average molecular weight is 413 g/mol. The predicted octanol–water partition coefficient (Wildman–Crippen LogP) is 5.05. The zero-order chi connectivity index (χ0) is 21.6. The number of rotatable bonds is 8. The Morgan fingerprint density at radius 1 is 1.03 bits per heavy atom. The second-order valence-electron chi connectivity index (χ2n) is 7.05. The van der Waals surface area contributed by atoms with Crippen LogP contribution in [0.15, 0.2) is 73.1 Å². The SMILES string of the molecule is CCOc1cc(-c2cc(NCCc3cccc4ccccc34)ncn2)ccc1C(=O)O. The molecule has 2 N–H and O–H groups in total. The van der Waals surface area contributed by atoms with Gasteiger partial charge in [-0.1, -0.05) is 48.5 Å². The lowest BCUT2D eigenvalue weighted by Gasteiger charge is -2.11. The lowest BCUT2D eigenvalue weighted by molar-refractivity contribution is 0.0692. The highest BCUT2D eigenvalue weighted by Gasteiger charge is 2.13. The molecule has 6 nitrogen and oxygen atoms in total. The second-order valence-corrected chi connectivity index (χ2v) is 7.05. The van der Waals surface area contributed by atoms with Gasteiger partial charge in [-0.3, -0.25) is 0 Å². The Morgan fingerprint density at radius 3 is 2.71 bits per heavy atom. The normalized spacial score (nSPS) is 10.7. The second kappa shape index (κ2) is 9.26. The molecular formula is C25H23N3O3. The number of hydrogen-bond acceptors (Lipinski definition) is 5. The van der Waals surface area contributed by atoms with E-state index in [1.807, 2.05) is 19.1 Å². The lowest BCUT2D eigenvalue weighted by atomic mass is 10.0. The van der Waals surface area contributed by atoms with Gasteiger partial charge in [-0.05, 0) is 41.8 Å². The van der Waals surface area contributed by atoms with E-state index in [9.17, 15) is 9.90 Å². The van der Waals surface area contributed by atoms with Crippen LogP contribution in [0.3, 0.4) is 0 Å². The van der Waals surface area contributed by atoms with Gasteiger partial charge in [0.15, 0.2) is 0 Å². The van der Waals surface area contributed by atoms with Gasteiger partial charge in [0.2, 0.25) is 0 Å². The maximum absolute atomic E-state index is 11.4. The molecule has 1 aromatic heterocycles. The molecule has 1 heterocycles. The van der Waals surface area contributed by atoms with Crippen LogP contribution >= 0.6 is 0 Å². The van der Waals surface area contributed by atoms with Crippen LogP contribution in [0.4, 0.5) is 5.82 Å². The minimum absolute atomic E-state index is 0.132. The summed E-state index contributed by atoms with van der Waals surface area (Å²) in [5, 5.41) is 15.2. The van der Waals surface area contributed by atoms with Crippen molar-refractivity contribution in [3.63, 3.8) is 0 Å². The predicted molar refractivity (Wildman–Crippen MR) is 122 cm³/mol. The third-order valence-electron chi connectivity index (χ3n) is 5.06. The van der Waals surface area contributed by atoms with Crippen molar-refractivity contribution >= 4 is 22.6 Å². The molecule has 4 aromatic rings. The summed E-state index contributed by atoms with van der Waals surface area (Å²) in [6.07, 6.45) is 2.36. The fourth-order valence-electron chi connectivity index (χ4n) is 3.58. The maximum atomic E-state index is 11.4. The Kier molecular flexibility index (Phi) is 6.08. The van der Waals surface area contributed by atoms with Crippen LogP contribution in [0.5, 0.6) is 5.75 Å². The van der Waals surface area contributed by atoms with Gasteiger partial charge >= 0.3 is 5.97 Å². The van der Waals surface area contributed by atoms with Crippen molar-refractivity contribution in [1.29, 1.82) is 0 Å². The number of ether oxygens (including phenoxy) is 1. The number of anilines is 1. The highest BCUT2D eigenvalue weighted by molar-refractivity contribution is 5.92. The summed E-state index contributed by atoms with van der Waals surface area (Å²) in [7, 11) is 0. The zero-order valence-electron chi connectivity index (χ0n) is 17.2. The molecule has 0 aliphatic heterocycles. The molecule has 3 aromatic carbocycles. The van der Waals surface area contributed by atoms with Crippen LogP contribution in [0.1, 0.15) is 22.8 Å². The first kappa shape index (κ1) is 20.3. The highest BCUT2D eigenvalue weighted by Crippen LogP contribution is 2.27. The standard InChI is InChI=1S/C25H23N3O3/c1-2-31-23-14-19(10-11-21(23)25(29)30)22-15-24(28-16-27-22)26-13-12-18-8-5-7-17-6-3-4-9-20(17)18/h3-11,14-16H,2,12-13H2,1H3,(H,29,30)(H,26,27,28). The van der Waals surface area contributed by atoms with Crippen LogP contribution in [-0.2, 0) is 6.42 Å². The van der Waals surface area contributed by atoms with E-state index in [-0.39, 0.29) is 5.56 Å². The van der Waals surface area contributed by atoms with Crippen LogP contribution in [0, 0.1) is 0 Å². The quantitative estimate of drug-likeness (QED) is 0.421. The lowest BCUT2D eigenvalue weighted by Crippen LogP contribution is -2.07. The van der Waals surface area contributed by atoms with Gasteiger partial charge in [-0.25, -0.2) is 14.8 Å². The number of carboxylic acid groups (broad SMARTS) is 1. The molecule has 0 aliphatic rings. The van der Waals surface area contributed by atoms with E-state index in [1.165, 1.54) is 22.7 Å². The van der Waals surface area contributed by atoms with Crippen molar-refractivity contribution in [1.82, 2.24) is 9.97 Å². The van der Waals surface area contributed by atoms with Gasteiger partial charge in [-0.2, -0.15) is 0 Å². The molecule has 0 saturated heterocycles. The Hall–Kier alpha value is -3.93. The average Bonchev–Trinajstić information content (AvgIpc) is 2.79. The topological polar surface area (TPSA) is 84.3 Å². The number of hydrogen-bond donors (Lipinski definition) is 2. The van der Waals surface area contributed by atoms with Gasteiger partial charge in [0, 0.05) is 18.2 Å². The van der Waals surface area contributed by atoms with Crippen LogP contribution in [0.2, 0.25) is 0 Å². The molecule has 0 bridgehead atoms. The number of aromatic carboxylic acids is 1. The van der Waals surface area contributed by atoms with Gasteiger partial charge in [0.25, 0.3) is 0 Å². The van der Waals surface area contributed by atoms with E-state index in [2.05, 4.69) is 51.7 Å². The minimum Gasteiger partial charge on any atom is -0.493 e. The van der Waals surface area contributed by atoms with Gasteiger partial charge in [-0.15, -0.1) is 0 Å². The van der Waals surface area contributed by atoms with Crippen LogP contribution < -0.4 is 10.1 Å². The number of aromatic nitrogens is 2. The number of fused-ring (bicyclic) bond motifs is 1. The summed E-state index contributed by atoms with van der Waals surface area (Å²) in [5.41, 5.74) is 2.88. The molecule has 0 saturated carbocycles. The summed E-state index contributed by atoms with van der Waals surface area (Å²) >= 11 is 0. The molecule has 0 spiro atoms. The molecule has 4 rings (SSSR count). The molecule has 6 heteroatoms. The molecule has 156 valence electrons. The van der Waals surface area contributed by atoms with Crippen molar-refractivity contribution in [3.05, 3.63) is 84.2 Å². The highest BCUT2D eigenvalue weighted by atomic mass is 16.5. The van der Waals surface area contributed by atoms with Gasteiger partial charge in [0.1, 0.15) is 23.5 Å². The molecule has 0 amide bonds. The Bertz CT molecular complexity index is 1220. The van der Waals surface area contributed by atoms with Crippen LogP contribution in [0.25, 0.3) is 22.0 Å². The summed E-state index contributed by atoms with van der Waals surface area (Å²) in [6.45, 7) is 2.93.